The van der Waals surface area contributed by atoms with Crippen LogP contribution in [0.1, 0.15) is 32.3 Å². The summed E-state index contributed by atoms with van der Waals surface area (Å²) in [4.78, 5) is 2.40. The van der Waals surface area contributed by atoms with Gasteiger partial charge in [0.05, 0.1) is 11.3 Å². The molecule has 0 aromatic heterocycles. The minimum absolute atomic E-state index is 0.462. The molecule has 1 saturated heterocycles. The van der Waals surface area contributed by atoms with Crippen molar-refractivity contribution in [2.24, 2.45) is 0 Å². The third kappa shape index (κ3) is 3.10. The van der Waals surface area contributed by atoms with E-state index in [9.17, 15) is 5.26 Å². The average Bonchev–Trinajstić information content (AvgIpc) is 2.46. The number of hydrogen-bond acceptors (Lipinski definition) is 3. The molecule has 1 N–H and O–H groups in total. The average molecular weight is 322 g/mol. The molecule has 0 aliphatic carbocycles. The summed E-state index contributed by atoms with van der Waals surface area (Å²) in [6, 6.07) is 9.18. The van der Waals surface area contributed by atoms with Gasteiger partial charge < -0.3 is 10.2 Å². The maximum Gasteiger partial charge on any atom is 0.101 e. The fraction of sp³-hybridized carbons (Fsp3) is 0.533. The normalized spacial score (nSPS) is 23.2. The fourth-order valence-electron chi connectivity index (χ4n) is 2.63. The van der Waals surface area contributed by atoms with Crippen LogP contribution >= 0.6 is 15.9 Å². The highest BCUT2D eigenvalue weighted by atomic mass is 79.9. The SMILES string of the molecule is CCC1CN(c2cc(Br)ccc2C#N)C(CC)CN1. The van der Waals surface area contributed by atoms with Crippen LogP contribution < -0.4 is 10.2 Å². The summed E-state index contributed by atoms with van der Waals surface area (Å²) in [6.07, 6.45) is 2.20. The largest absolute Gasteiger partial charge is 0.365 e. The van der Waals surface area contributed by atoms with Crippen LogP contribution in [0.2, 0.25) is 0 Å². The summed E-state index contributed by atoms with van der Waals surface area (Å²) in [6.45, 7) is 6.37. The zero-order valence-electron chi connectivity index (χ0n) is 11.5. The van der Waals surface area contributed by atoms with Crippen LogP contribution in [-0.2, 0) is 0 Å². The molecule has 1 aliphatic heterocycles. The molecule has 0 saturated carbocycles. The molecule has 2 unspecified atom stereocenters. The molecule has 3 nitrogen and oxygen atoms in total. The van der Waals surface area contributed by atoms with E-state index in [0.717, 1.165) is 41.7 Å². The third-order valence-electron chi connectivity index (χ3n) is 3.85. The van der Waals surface area contributed by atoms with Crippen molar-refractivity contribution >= 4 is 21.6 Å². The zero-order chi connectivity index (χ0) is 13.8. The standard InChI is InChI=1S/C15H20BrN3/c1-3-13-10-19(14(4-2)9-18-13)15-7-12(16)6-5-11(15)8-17/h5-7,13-14,18H,3-4,9-10H2,1-2H3. The van der Waals surface area contributed by atoms with Crippen LogP contribution in [0.5, 0.6) is 0 Å². The van der Waals surface area contributed by atoms with Gasteiger partial charge in [-0.25, -0.2) is 0 Å². The number of rotatable bonds is 3. The minimum atomic E-state index is 0.462. The van der Waals surface area contributed by atoms with E-state index >= 15 is 0 Å². The monoisotopic (exact) mass is 321 g/mol. The predicted octanol–water partition coefficient (Wildman–Crippen LogP) is 3.29. The summed E-state index contributed by atoms with van der Waals surface area (Å²) in [5.41, 5.74) is 1.82. The second kappa shape index (κ2) is 6.40. The number of anilines is 1. The second-order valence-corrected chi connectivity index (χ2v) is 5.92. The van der Waals surface area contributed by atoms with Crippen molar-refractivity contribution in [3.8, 4) is 6.07 Å². The first kappa shape index (κ1) is 14.4. The lowest BCUT2D eigenvalue weighted by molar-refractivity contribution is 0.378. The van der Waals surface area contributed by atoms with Gasteiger partial charge in [0.1, 0.15) is 6.07 Å². The Morgan fingerprint density at radius 3 is 2.84 bits per heavy atom. The Labute approximate surface area is 123 Å². The molecule has 0 bridgehead atoms. The molecule has 4 heteroatoms. The topological polar surface area (TPSA) is 39.1 Å². The molecular weight excluding hydrogens is 302 g/mol. The third-order valence-corrected chi connectivity index (χ3v) is 4.35. The van der Waals surface area contributed by atoms with E-state index < -0.39 is 0 Å². The molecule has 0 spiro atoms. The van der Waals surface area contributed by atoms with Gasteiger partial charge in [-0.2, -0.15) is 5.26 Å². The molecule has 1 aromatic rings. The second-order valence-electron chi connectivity index (χ2n) is 5.00. The van der Waals surface area contributed by atoms with Crippen molar-refractivity contribution in [3.63, 3.8) is 0 Å². The van der Waals surface area contributed by atoms with Crippen LogP contribution in [0.3, 0.4) is 0 Å². The predicted molar refractivity (Wildman–Crippen MR) is 82.4 cm³/mol. The van der Waals surface area contributed by atoms with Crippen molar-refractivity contribution in [1.82, 2.24) is 5.32 Å². The van der Waals surface area contributed by atoms with Crippen LogP contribution in [0.4, 0.5) is 5.69 Å². The molecule has 1 aliphatic rings. The molecule has 19 heavy (non-hydrogen) atoms. The summed E-state index contributed by atoms with van der Waals surface area (Å²) >= 11 is 3.51. The maximum absolute atomic E-state index is 9.31. The molecule has 2 rings (SSSR count). The Kier molecular flexibility index (Phi) is 4.84. The van der Waals surface area contributed by atoms with Gasteiger partial charge in [-0.3, -0.25) is 0 Å². The summed E-state index contributed by atoms with van der Waals surface area (Å²) in [5.74, 6) is 0. The van der Waals surface area contributed by atoms with Gasteiger partial charge in [-0.05, 0) is 31.0 Å². The van der Waals surface area contributed by atoms with Gasteiger partial charge in [0.2, 0.25) is 0 Å². The number of halogens is 1. The smallest absolute Gasteiger partial charge is 0.101 e. The highest BCUT2D eigenvalue weighted by Gasteiger charge is 2.27. The fourth-order valence-corrected chi connectivity index (χ4v) is 2.98. The summed E-state index contributed by atoms with van der Waals surface area (Å²) < 4.78 is 1.03. The Bertz CT molecular complexity index is 481. The number of nitriles is 1. The van der Waals surface area contributed by atoms with Gasteiger partial charge in [0.15, 0.2) is 0 Å². The Morgan fingerprint density at radius 2 is 2.21 bits per heavy atom. The number of nitrogens with one attached hydrogen (secondary N) is 1. The highest BCUT2D eigenvalue weighted by molar-refractivity contribution is 9.10. The van der Waals surface area contributed by atoms with Crippen molar-refractivity contribution in [3.05, 3.63) is 28.2 Å². The van der Waals surface area contributed by atoms with Crippen molar-refractivity contribution in [1.29, 1.82) is 5.26 Å². The lowest BCUT2D eigenvalue weighted by Gasteiger charge is -2.42. The van der Waals surface area contributed by atoms with E-state index in [0.29, 0.717) is 12.1 Å². The van der Waals surface area contributed by atoms with Gasteiger partial charge in [0.25, 0.3) is 0 Å². The van der Waals surface area contributed by atoms with Crippen LogP contribution in [0.25, 0.3) is 0 Å². The van der Waals surface area contributed by atoms with E-state index in [-0.39, 0.29) is 0 Å². The maximum atomic E-state index is 9.31. The number of nitrogens with zero attached hydrogens (tertiary/aromatic N) is 2. The first-order valence-corrected chi connectivity index (χ1v) is 7.68. The lowest BCUT2D eigenvalue weighted by Crippen LogP contribution is -2.56. The molecule has 1 aromatic carbocycles. The summed E-state index contributed by atoms with van der Waals surface area (Å²) in [7, 11) is 0. The van der Waals surface area contributed by atoms with Gasteiger partial charge >= 0.3 is 0 Å². The molecule has 0 radical (unpaired) electrons. The van der Waals surface area contributed by atoms with Gasteiger partial charge in [0, 0.05) is 29.6 Å². The lowest BCUT2D eigenvalue weighted by atomic mass is 10.0. The Hall–Kier alpha value is -1.05. The van der Waals surface area contributed by atoms with E-state index in [1.54, 1.807) is 0 Å². The number of hydrogen-bond donors (Lipinski definition) is 1. The number of benzene rings is 1. The Balaban J connectivity index is 2.36. The molecular formula is C15H20BrN3. The number of piperazine rings is 1. The quantitative estimate of drug-likeness (QED) is 0.928. The van der Waals surface area contributed by atoms with Crippen molar-refractivity contribution < 1.29 is 0 Å². The molecule has 2 atom stereocenters. The van der Waals surface area contributed by atoms with Crippen molar-refractivity contribution in [2.75, 3.05) is 18.0 Å². The molecule has 1 heterocycles. The Morgan fingerprint density at radius 1 is 1.42 bits per heavy atom. The van der Waals surface area contributed by atoms with E-state index in [4.69, 9.17) is 0 Å². The van der Waals surface area contributed by atoms with Gasteiger partial charge in [-0.1, -0.05) is 29.8 Å². The molecule has 1 fully saturated rings. The van der Waals surface area contributed by atoms with Crippen molar-refractivity contribution in [2.45, 2.75) is 38.8 Å². The zero-order valence-corrected chi connectivity index (χ0v) is 13.1. The van der Waals surface area contributed by atoms with Crippen LogP contribution in [0, 0.1) is 11.3 Å². The molecule has 0 amide bonds. The first-order chi connectivity index (χ1) is 9.19. The highest BCUT2D eigenvalue weighted by Crippen LogP contribution is 2.28. The van der Waals surface area contributed by atoms with Crippen LogP contribution in [-0.4, -0.2) is 25.2 Å². The van der Waals surface area contributed by atoms with Gasteiger partial charge in [-0.15, -0.1) is 0 Å². The van der Waals surface area contributed by atoms with E-state index in [2.05, 4.69) is 52.1 Å². The van der Waals surface area contributed by atoms with E-state index in [1.165, 1.54) is 0 Å². The summed E-state index contributed by atoms with van der Waals surface area (Å²) in [5, 5.41) is 12.9. The minimum Gasteiger partial charge on any atom is -0.365 e. The molecule has 102 valence electrons. The van der Waals surface area contributed by atoms with E-state index in [1.807, 2.05) is 12.1 Å². The van der Waals surface area contributed by atoms with Crippen LogP contribution in [0.15, 0.2) is 22.7 Å². The first-order valence-electron chi connectivity index (χ1n) is 6.89.